The van der Waals surface area contributed by atoms with Gasteiger partial charge in [-0.2, -0.15) is 5.26 Å². The quantitative estimate of drug-likeness (QED) is 0.818. The van der Waals surface area contributed by atoms with Gasteiger partial charge in [-0.25, -0.2) is 17.5 Å². The summed E-state index contributed by atoms with van der Waals surface area (Å²) in [5.74, 6) is -0.336. The molecule has 1 unspecified atom stereocenters. The van der Waals surface area contributed by atoms with Gasteiger partial charge in [-0.1, -0.05) is 12.1 Å². The molecule has 1 heterocycles. The second kappa shape index (κ2) is 8.59. The van der Waals surface area contributed by atoms with Gasteiger partial charge in [0.25, 0.3) is 0 Å². The van der Waals surface area contributed by atoms with E-state index in [0.717, 1.165) is 5.56 Å². The Labute approximate surface area is 158 Å². The van der Waals surface area contributed by atoms with Crippen molar-refractivity contribution in [2.24, 2.45) is 0 Å². The Morgan fingerprint density at radius 3 is 2.33 bits per heavy atom. The van der Waals surface area contributed by atoms with Gasteiger partial charge in [0.1, 0.15) is 5.82 Å². The molecule has 3 rings (SSSR count). The van der Waals surface area contributed by atoms with Crippen LogP contribution in [0.15, 0.2) is 53.4 Å². The molecule has 142 valence electrons. The monoisotopic (exact) mass is 389 g/mol. The first-order valence-corrected chi connectivity index (χ1v) is 10.0. The van der Waals surface area contributed by atoms with Crippen molar-refractivity contribution in [2.45, 2.75) is 10.9 Å². The summed E-state index contributed by atoms with van der Waals surface area (Å²) in [6, 6.07) is 13.6. The number of morpholine rings is 1. The minimum atomic E-state index is -3.73. The Morgan fingerprint density at radius 2 is 1.74 bits per heavy atom. The van der Waals surface area contributed by atoms with Crippen molar-refractivity contribution in [1.29, 1.82) is 5.26 Å². The maximum atomic E-state index is 13.3. The van der Waals surface area contributed by atoms with Crippen LogP contribution in [0.25, 0.3) is 0 Å². The predicted molar refractivity (Wildman–Crippen MR) is 97.9 cm³/mol. The summed E-state index contributed by atoms with van der Waals surface area (Å²) >= 11 is 0. The molecule has 2 aromatic rings. The fraction of sp³-hybridized carbons (Fsp3) is 0.316. The van der Waals surface area contributed by atoms with Crippen molar-refractivity contribution < 1.29 is 17.5 Å². The molecule has 1 atom stereocenters. The molecule has 27 heavy (non-hydrogen) atoms. The van der Waals surface area contributed by atoms with Crippen molar-refractivity contribution in [3.8, 4) is 6.07 Å². The van der Waals surface area contributed by atoms with Gasteiger partial charge in [0.15, 0.2) is 0 Å². The van der Waals surface area contributed by atoms with Crippen LogP contribution < -0.4 is 4.72 Å². The minimum Gasteiger partial charge on any atom is -0.379 e. The number of halogens is 1. The van der Waals surface area contributed by atoms with Crippen LogP contribution in [-0.2, 0) is 14.8 Å². The van der Waals surface area contributed by atoms with Crippen LogP contribution in [0.1, 0.15) is 17.2 Å². The van der Waals surface area contributed by atoms with Gasteiger partial charge < -0.3 is 4.74 Å². The van der Waals surface area contributed by atoms with E-state index in [1.807, 2.05) is 6.07 Å². The standard InChI is InChI=1S/C19H20FN3O3S/c20-17-5-3-16(4-6-17)19(23-9-11-26-12-10-23)14-22-27(24,25)18-7-1-15(13-21)2-8-18/h1-8,19,22H,9-12,14H2. The number of hydrogen-bond acceptors (Lipinski definition) is 5. The van der Waals surface area contributed by atoms with Gasteiger partial charge >= 0.3 is 0 Å². The Kier molecular flexibility index (Phi) is 6.19. The molecule has 0 amide bonds. The first-order chi connectivity index (χ1) is 13.0. The zero-order valence-electron chi connectivity index (χ0n) is 14.6. The summed E-state index contributed by atoms with van der Waals surface area (Å²) in [5.41, 5.74) is 1.23. The number of nitrogens with zero attached hydrogens (tertiary/aromatic N) is 2. The van der Waals surface area contributed by atoms with Crippen LogP contribution >= 0.6 is 0 Å². The fourth-order valence-electron chi connectivity index (χ4n) is 3.01. The van der Waals surface area contributed by atoms with Gasteiger partial charge in [-0.15, -0.1) is 0 Å². The summed E-state index contributed by atoms with van der Waals surface area (Å²) < 4.78 is 46.5. The molecule has 6 nitrogen and oxygen atoms in total. The molecule has 0 saturated carbocycles. The van der Waals surface area contributed by atoms with Gasteiger partial charge in [-0.05, 0) is 42.0 Å². The number of nitrogens with one attached hydrogen (secondary N) is 1. The van der Waals surface area contributed by atoms with Crippen LogP contribution in [0.3, 0.4) is 0 Å². The molecular formula is C19H20FN3O3S. The average molecular weight is 389 g/mol. The third-order valence-electron chi connectivity index (χ3n) is 4.50. The van der Waals surface area contributed by atoms with Crippen LogP contribution in [-0.4, -0.2) is 46.2 Å². The number of hydrogen-bond donors (Lipinski definition) is 1. The Morgan fingerprint density at radius 1 is 1.11 bits per heavy atom. The van der Waals surface area contributed by atoms with E-state index in [1.165, 1.54) is 36.4 Å². The van der Waals surface area contributed by atoms with Crippen molar-refractivity contribution in [3.63, 3.8) is 0 Å². The Balaban J connectivity index is 1.78. The number of ether oxygens (including phenoxy) is 1. The van der Waals surface area contributed by atoms with E-state index < -0.39 is 10.0 Å². The van der Waals surface area contributed by atoms with Crippen molar-refractivity contribution in [3.05, 3.63) is 65.5 Å². The molecular weight excluding hydrogens is 369 g/mol. The lowest BCUT2D eigenvalue weighted by molar-refractivity contribution is 0.0172. The molecule has 0 spiro atoms. The summed E-state index contributed by atoms with van der Waals surface area (Å²) in [5, 5.41) is 8.84. The summed E-state index contributed by atoms with van der Waals surface area (Å²) in [7, 11) is -3.73. The topological polar surface area (TPSA) is 82.4 Å². The molecule has 1 saturated heterocycles. The van der Waals surface area contributed by atoms with Crippen molar-refractivity contribution >= 4 is 10.0 Å². The second-order valence-corrected chi connectivity index (χ2v) is 7.97. The number of benzene rings is 2. The largest absolute Gasteiger partial charge is 0.379 e. The van der Waals surface area contributed by atoms with E-state index in [2.05, 4.69) is 9.62 Å². The maximum Gasteiger partial charge on any atom is 0.240 e. The van der Waals surface area contributed by atoms with E-state index in [4.69, 9.17) is 10.00 Å². The summed E-state index contributed by atoms with van der Waals surface area (Å²) in [6.07, 6.45) is 0. The van der Waals surface area contributed by atoms with E-state index in [0.29, 0.717) is 31.9 Å². The number of rotatable bonds is 6. The molecule has 0 bridgehead atoms. The lowest BCUT2D eigenvalue weighted by Gasteiger charge is -2.34. The Bertz CT molecular complexity index is 903. The third-order valence-corrected chi connectivity index (χ3v) is 5.94. The molecule has 1 aliphatic rings. The van der Waals surface area contributed by atoms with Crippen LogP contribution in [0.5, 0.6) is 0 Å². The fourth-order valence-corrected chi connectivity index (χ4v) is 4.05. The van der Waals surface area contributed by atoms with Crippen LogP contribution in [0.4, 0.5) is 4.39 Å². The molecule has 1 aliphatic heterocycles. The highest BCUT2D eigenvalue weighted by Crippen LogP contribution is 2.22. The van der Waals surface area contributed by atoms with Gasteiger partial charge in [-0.3, -0.25) is 4.90 Å². The SMILES string of the molecule is N#Cc1ccc(S(=O)(=O)NCC(c2ccc(F)cc2)N2CCOCC2)cc1. The zero-order valence-corrected chi connectivity index (χ0v) is 15.5. The van der Waals surface area contributed by atoms with E-state index in [-0.39, 0.29) is 23.3 Å². The molecule has 1 N–H and O–H groups in total. The summed E-state index contributed by atoms with van der Waals surface area (Å²) in [4.78, 5) is 2.22. The highest BCUT2D eigenvalue weighted by atomic mass is 32.2. The highest BCUT2D eigenvalue weighted by Gasteiger charge is 2.25. The van der Waals surface area contributed by atoms with Gasteiger partial charge in [0.2, 0.25) is 10.0 Å². The molecule has 1 fully saturated rings. The number of nitriles is 1. The molecule has 0 radical (unpaired) electrons. The second-order valence-electron chi connectivity index (χ2n) is 6.20. The van der Waals surface area contributed by atoms with Crippen LogP contribution in [0.2, 0.25) is 0 Å². The normalized spacial score (nSPS) is 16.6. The molecule has 8 heteroatoms. The highest BCUT2D eigenvalue weighted by molar-refractivity contribution is 7.89. The molecule has 2 aromatic carbocycles. The summed E-state index contributed by atoms with van der Waals surface area (Å²) in [6.45, 7) is 2.62. The van der Waals surface area contributed by atoms with Gasteiger partial charge in [0.05, 0.1) is 29.7 Å². The van der Waals surface area contributed by atoms with Crippen molar-refractivity contribution in [2.75, 3.05) is 32.8 Å². The van der Waals surface area contributed by atoms with E-state index >= 15 is 0 Å². The first kappa shape index (κ1) is 19.5. The minimum absolute atomic E-state index is 0.0985. The number of sulfonamides is 1. The maximum absolute atomic E-state index is 13.3. The van der Waals surface area contributed by atoms with E-state index in [9.17, 15) is 12.8 Å². The smallest absolute Gasteiger partial charge is 0.240 e. The van der Waals surface area contributed by atoms with E-state index in [1.54, 1.807) is 12.1 Å². The molecule has 0 aromatic heterocycles. The Hall–Kier alpha value is -2.31. The third kappa shape index (κ3) is 4.90. The first-order valence-electron chi connectivity index (χ1n) is 8.57. The molecule has 0 aliphatic carbocycles. The lowest BCUT2D eigenvalue weighted by Crippen LogP contribution is -2.43. The zero-order chi connectivity index (χ0) is 19.3. The average Bonchev–Trinajstić information content (AvgIpc) is 2.70. The van der Waals surface area contributed by atoms with Crippen LogP contribution in [0, 0.1) is 17.1 Å². The predicted octanol–water partition coefficient (Wildman–Crippen LogP) is 2.05. The van der Waals surface area contributed by atoms with Crippen molar-refractivity contribution in [1.82, 2.24) is 9.62 Å². The van der Waals surface area contributed by atoms with Gasteiger partial charge in [0, 0.05) is 25.7 Å². The lowest BCUT2D eigenvalue weighted by atomic mass is 10.0.